The highest BCUT2D eigenvalue weighted by Crippen LogP contribution is 2.33. The Kier molecular flexibility index (Phi) is 7.11. The van der Waals surface area contributed by atoms with Gasteiger partial charge in [0.15, 0.2) is 11.5 Å². The van der Waals surface area contributed by atoms with E-state index in [-0.39, 0.29) is 22.6 Å². The SMILES string of the molecule is C=C(C)C(=O)Oc1ccc(C(C)C(=O)OC(C)(C)C)cc1OC(=O)C(=C)C. The molecule has 6 heteroatoms. The van der Waals surface area contributed by atoms with Gasteiger partial charge < -0.3 is 14.2 Å². The van der Waals surface area contributed by atoms with Gasteiger partial charge in [0.05, 0.1) is 5.92 Å². The largest absolute Gasteiger partial charge is 0.460 e. The molecule has 1 unspecified atom stereocenters. The van der Waals surface area contributed by atoms with Crippen molar-refractivity contribution >= 4 is 17.9 Å². The molecule has 1 aromatic carbocycles. The molecular formula is C21H26O6. The van der Waals surface area contributed by atoms with Gasteiger partial charge in [-0.2, -0.15) is 0 Å². The summed E-state index contributed by atoms with van der Waals surface area (Å²) < 4.78 is 15.8. The fourth-order valence-corrected chi connectivity index (χ4v) is 1.86. The summed E-state index contributed by atoms with van der Waals surface area (Å²) in [7, 11) is 0. The van der Waals surface area contributed by atoms with Crippen LogP contribution in [0.15, 0.2) is 42.5 Å². The van der Waals surface area contributed by atoms with Gasteiger partial charge in [0, 0.05) is 11.1 Å². The molecule has 1 rings (SSSR count). The molecule has 1 atom stereocenters. The Labute approximate surface area is 159 Å². The Bertz CT molecular complexity index is 782. The summed E-state index contributed by atoms with van der Waals surface area (Å²) >= 11 is 0. The van der Waals surface area contributed by atoms with Crippen molar-refractivity contribution in [2.75, 3.05) is 0 Å². The average molecular weight is 374 g/mol. The standard InChI is InChI=1S/C21H26O6/c1-12(2)18(22)25-16-10-9-15(11-17(16)26-19(23)13(3)4)14(5)20(24)27-21(6,7)8/h9-11,14H,1,3H2,2,4-8H3. The van der Waals surface area contributed by atoms with Gasteiger partial charge in [-0.15, -0.1) is 0 Å². The van der Waals surface area contributed by atoms with Crippen LogP contribution in [-0.4, -0.2) is 23.5 Å². The van der Waals surface area contributed by atoms with Crippen molar-refractivity contribution in [1.29, 1.82) is 0 Å². The van der Waals surface area contributed by atoms with Crippen LogP contribution in [0.3, 0.4) is 0 Å². The van der Waals surface area contributed by atoms with Crippen LogP contribution in [0, 0.1) is 0 Å². The average Bonchev–Trinajstić information content (AvgIpc) is 2.53. The van der Waals surface area contributed by atoms with Crippen LogP contribution in [-0.2, 0) is 19.1 Å². The molecule has 0 spiro atoms. The van der Waals surface area contributed by atoms with Crippen LogP contribution in [0.5, 0.6) is 11.5 Å². The van der Waals surface area contributed by atoms with E-state index in [1.54, 1.807) is 33.8 Å². The number of benzene rings is 1. The topological polar surface area (TPSA) is 78.9 Å². The Morgan fingerprint density at radius 1 is 0.926 bits per heavy atom. The van der Waals surface area contributed by atoms with Crippen molar-refractivity contribution in [3.63, 3.8) is 0 Å². The molecule has 146 valence electrons. The minimum Gasteiger partial charge on any atom is -0.460 e. The van der Waals surface area contributed by atoms with Crippen molar-refractivity contribution < 1.29 is 28.6 Å². The van der Waals surface area contributed by atoms with Gasteiger partial charge >= 0.3 is 17.9 Å². The number of rotatable bonds is 6. The molecule has 0 N–H and O–H groups in total. The van der Waals surface area contributed by atoms with Gasteiger partial charge in [-0.1, -0.05) is 19.2 Å². The molecule has 6 nitrogen and oxygen atoms in total. The quantitative estimate of drug-likeness (QED) is 0.424. The highest BCUT2D eigenvalue weighted by Gasteiger charge is 2.25. The highest BCUT2D eigenvalue weighted by atomic mass is 16.6. The first-order chi connectivity index (χ1) is 12.3. The Morgan fingerprint density at radius 2 is 1.41 bits per heavy atom. The molecular weight excluding hydrogens is 348 g/mol. The Morgan fingerprint density at radius 3 is 1.85 bits per heavy atom. The van der Waals surface area contributed by atoms with E-state index in [2.05, 4.69) is 13.2 Å². The summed E-state index contributed by atoms with van der Waals surface area (Å²) in [5.41, 5.74) is 0.289. The molecule has 0 amide bonds. The monoisotopic (exact) mass is 374 g/mol. The zero-order chi connectivity index (χ0) is 20.9. The molecule has 1 aromatic rings. The number of carbonyl (C=O) groups is 3. The lowest BCUT2D eigenvalue weighted by Crippen LogP contribution is -2.26. The first-order valence-corrected chi connectivity index (χ1v) is 8.44. The minimum absolute atomic E-state index is 0.00510. The maximum atomic E-state index is 12.3. The van der Waals surface area contributed by atoms with Gasteiger partial charge in [-0.3, -0.25) is 4.79 Å². The summed E-state index contributed by atoms with van der Waals surface area (Å²) in [5, 5.41) is 0. The van der Waals surface area contributed by atoms with Gasteiger partial charge in [0.1, 0.15) is 5.60 Å². The normalized spacial score (nSPS) is 11.9. The lowest BCUT2D eigenvalue weighted by Gasteiger charge is -2.22. The minimum atomic E-state index is -0.676. The van der Waals surface area contributed by atoms with Gasteiger partial charge in [-0.25, -0.2) is 9.59 Å². The Balaban J connectivity index is 3.23. The second kappa shape index (κ2) is 8.66. The first kappa shape index (κ1) is 22.2. The number of hydrogen-bond donors (Lipinski definition) is 0. The number of esters is 3. The number of carbonyl (C=O) groups excluding carboxylic acids is 3. The van der Waals surface area contributed by atoms with Crippen LogP contribution in [0.2, 0.25) is 0 Å². The van der Waals surface area contributed by atoms with Crippen LogP contribution in [0.1, 0.15) is 53.0 Å². The van der Waals surface area contributed by atoms with Gasteiger partial charge in [0.2, 0.25) is 0 Å². The van der Waals surface area contributed by atoms with Crippen molar-refractivity contribution in [3.05, 3.63) is 48.1 Å². The maximum Gasteiger partial charge on any atom is 0.338 e. The lowest BCUT2D eigenvalue weighted by molar-refractivity contribution is -0.156. The molecule has 0 aliphatic carbocycles. The number of ether oxygens (including phenoxy) is 3. The third-order valence-corrected chi connectivity index (χ3v) is 3.33. The molecule has 0 saturated heterocycles. The van der Waals surface area contributed by atoms with Gasteiger partial charge in [-0.05, 0) is 59.2 Å². The third-order valence-electron chi connectivity index (χ3n) is 3.33. The predicted octanol–water partition coefficient (Wildman–Crippen LogP) is 4.09. The summed E-state index contributed by atoms with van der Waals surface area (Å²) in [5.74, 6) is -2.33. The molecule has 0 saturated carbocycles. The van der Waals surface area contributed by atoms with Gasteiger partial charge in [0.25, 0.3) is 0 Å². The van der Waals surface area contributed by atoms with Crippen molar-refractivity contribution in [2.24, 2.45) is 0 Å². The zero-order valence-corrected chi connectivity index (χ0v) is 16.7. The second-order valence-electron chi connectivity index (χ2n) is 7.30. The first-order valence-electron chi connectivity index (χ1n) is 8.44. The van der Waals surface area contributed by atoms with E-state index in [4.69, 9.17) is 14.2 Å². The number of hydrogen-bond acceptors (Lipinski definition) is 6. The molecule has 0 aliphatic heterocycles. The van der Waals surface area contributed by atoms with Crippen LogP contribution in [0.4, 0.5) is 0 Å². The predicted molar refractivity (Wildman–Crippen MR) is 102 cm³/mol. The van der Waals surface area contributed by atoms with E-state index < -0.39 is 29.4 Å². The molecule has 0 fully saturated rings. The van der Waals surface area contributed by atoms with Crippen molar-refractivity contribution in [3.8, 4) is 11.5 Å². The molecule has 0 bridgehead atoms. The van der Waals surface area contributed by atoms with E-state index in [0.717, 1.165) is 0 Å². The lowest BCUT2D eigenvalue weighted by atomic mass is 10.0. The van der Waals surface area contributed by atoms with Crippen LogP contribution in [0.25, 0.3) is 0 Å². The fraction of sp³-hybridized carbons (Fsp3) is 0.381. The van der Waals surface area contributed by atoms with Crippen LogP contribution >= 0.6 is 0 Å². The van der Waals surface area contributed by atoms with E-state index >= 15 is 0 Å². The third kappa shape index (κ3) is 6.73. The smallest absolute Gasteiger partial charge is 0.338 e. The zero-order valence-electron chi connectivity index (χ0n) is 16.7. The summed E-state index contributed by atoms with van der Waals surface area (Å²) in [6, 6.07) is 4.53. The second-order valence-corrected chi connectivity index (χ2v) is 7.30. The molecule has 0 heterocycles. The fourth-order valence-electron chi connectivity index (χ4n) is 1.86. The van der Waals surface area contributed by atoms with E-state index in [9.17, 15) is 14.4 Å². The maximum absolute atomic E-state index is 12.3. The molecule has 0 aliphatic rings. The van der Waals surface area contributed by atoms with Crippen molar-refractivity contribution in [1.82, 2.24) is 0 Å². The molecule has 0 radical (unpaired) electrons. The summed E-state index contributed by atoms with van der Waals surface area (Å²) in [4.78, 5) is 36.0. The highest BCUT2D eigenvalue weighted by molar-refractivity contribution is 5.91. The molecule has 27 heavy (non-hydrogen) atoms. The van der Waals surface area contributed by atoms with Crippen molar-refractivity contribution in [2.45, 2.75) is 53.1 Å². The summed E-state index contributed by atoms with van der Waals surface area (Å²) in [6.45, 7) is 17.0. The van der Waals surface area contributed by atoms with E-state index in [1.807, 2.05) is 0 Å². The van der Waals surface area contributed by atoms with E-state index in [0.29, 0.717) is 5.56 Å². The summed E-state index contributed by atoms with van der Waals surface area (Å²) in [6.07, 6.45) is 0. The Hall–Kier alpha value is -2.89. The molecule has 0 aromatic heterocycles. The van der Waals surface area contributed by atoms with Crippen LogP contribution < -0.4 is 9.47 Å². The van der Waals surface area contributed by atoms with E-state index in [1.165, 1.54) is 26.0 Å².